The number of nitrogens with zero attached hydrogens (tertiary/aromatic N) is 1. The minimum absolute atomic E-state index is 0.130. The van der Waals surface area contributed by atoms with Crippen LogP contribution in [0.1, 0.15) is 33.1 Å². The molecule has 0 aromatic heterocycles. The fourth-order valence-corrected chi connectivity index (χ4v) is 1.32. The van der Waals surface area contributed by atoms with Gasteiger partial charge in [0.15, 0.2) is 0 Å². The standard InChI is InChI=1S/C11H23NO3/c1-4-12(8-5-9-13)11(14)7-6-10(2)15-3/h10,13H,4-9H2,1-3H3. The van der Waals surface area contributed by atoms with Gasteiger partial charge in [-0.05, 0) is 26.7 Å². The molecule has 0 rings (SSSR count). The molecule has 0 saturated heterocycles. The number of ether oxygens (including phenoxy) is 1. The molecule has 1 atom stereocenters. The summed E-state index contributed by atoms with van der Waals surface area (Å²) in [7, 11) is 1.65. The fourth-order valence-electron chi connectivity index (χ4n) is 1.32. The van der Waals surface area contributed by atoms with Crippen LogP contribution in [-0.2, 0) is 9.53 Å². The van der Waals surface area contributed by atoms with E-state index in [9.17, 15) is 4.79 Å². The molecule has 0 bridgehead atoms. The van der Waals surface area contributed by atoms with Crippen molar-refractivity contribution in [3.8, 4) is 0 Å². The summed E-state index contributed by atoms with van der Waals surface area (Å²) in [6.07, 6.45) is 2.06. The van der Waals surface area contributed by atoms with Gasteiger partial charge in [-0.1, -0.05) is 0 Å². The Morgan fingerprint density at radius 3 is 2.67 bits per heavy atom. The first-order valence-electron chi connectivity index (χ1n) is 5.57. The molecule has 0 aromatic rings. The van der Waals surface area contributed by atoms with Crippen molar-refractivity contribution in [1.29, 1.82) is 0 Å². The molecule has 15 heavy (non-hydrogen) atoms. The highest BCUT2D eigenvalue weighted by Gasteiger charge is 2.12. The highest BCUT2D eigenvalue weighted by molar-refractivity contribution is 5.76. The Labute approximate surface area is 92.2 Å². The Morgan fingerprint density at radius 2 is 2.20 bits per heavy atom. The van der Waals surface area contributed by atoms with E-state index >= 15 is 0 Å². The third-order valence-electron chi connectivity index (χ3n) is 2.49. The Hall–Kier alpha value is -0.610. The van der Waals surface area contributed by atoms with Crippen molar-refractivity contribution in [2.75, 3.05) is 26.8 Å². The molecule has 0 heterocycles. The van der Waals surface area contributed by atoms with Gasteiger partial charge in [-0.2, -0.15) is 0 Å². The summed E-state index contributed by atoms with van der Waals surface area (Å²) >= 11 is 0. The second-order valence-corrected chi connectivity index (χ2v) is 3.64. The molecular formula is C11H23NO3. The third kappa shape index (κ3) is 6.47. The summed E-state index contributed by atoms with van der Waals surface area (Å²) in [5, 5.41) is 8.69. The molecule has 0 aromatic carbocycles. The first-order valence-corrected chi connectivity index (χ1v) is 5.57. The lowest BCUT2D eigenvalue weighted by Crippen LogP contribution is -2.32. The highest BCUT2D eigenvalue weighted by Crippen LogP contribution is 2.04. The predicted molar refractivity (Wildman–Crippen MR) is 59.7 cm³/mol. The van der Waals surface area contributed by atoms with Gasteiger partial charge in [0.05, 0.1) is 6.10 Å². The van der Waals surface area contributed by atoms with Crippen LogP contribution in [0.3, 0.4) is 0 Å². The van der Waals surface area contributed by atoms with Crippen molar-refractivity contribution in [1.82, 2.24) is 4.90 Å². The first-order chi connectivity index (χ1) is 7.15. The van der Waals surface area contributed by atoms with Crippen LogP contribution in [0, 0.1) is 0 Å². The first kappa shape index (κ1) is 14.4. The van der Waals surface area contributed by atoms with Crippen LogP contribution in [-0.4, -0.2) is 48.8 Å². The molecule has 0 fully saturated rings. The van der Waals surface area contributed by atoms with Gasteiger partial charge in [-0.25, -0.2) is 0 Å². The summed E-state index contributed by atoms with van der Waals surface area (Å²) in [5.74, 6) is 0.148. The minimum Gasteiger partial charge on any atom is -0.396 e. The van der Waals surface area contributed by atoms with Crippen LogP contribution in [0.25, 0.3) is 0 Å². The number of aliphatic hydroxyl groups is 1. The van der Waals surface area contributed by atoms with E-state index in [4.69, 9.17) is 9.84 Å². The smallest absolute Gasteiger partial charge is 0.222 e. The largest absolute Gasteiger partial charge is 0.396 e. The lowest BCUT2D eigenvalue weighted by molar-refractivity contribution is -0.131. The van der Waals surface area contributed by atoms with Gasteiger partial charge >= 0.3 is 0 Å². The van der Waals surface area contributed by atoms with Gasteiger partial charge < -0.3 is 14.7 Å². The Morgan fingerprint density at radius 1 is 1.53 bits per heavy atom. The van der Waals surface area contributed by atoms with Crippen molar-refractivity contribution < 1.29 is 14.6 Å². The van der Waals surface area contributed by atoms with Crippen LogP contribution in [0.15, 0.2) is 0 Å². The lowest BCUT2D eigenvalue weighted by Gasteiger charge is -2.21. The molecule has 0 aliphatic heterocycles. The molecule has 1 unspecified atom stereocenters. The quantitative estimate of drug-likeness (QED) is 0.660. The number of methoxy groups -OCH3 is 1. The second-order valence-electron chi connectivity index (χ2n) is 3.64. The number of aliphatic hydroxyl groups excluding tert-OH is 1. The average Bonchev–Trinajstić information content (AvgIpc) is 2.26. The average molecular weight is 217 g/mol. The van der Waals surface area contributed by atoms with Crippen LogP contribution >= 0.6 is 0 Å². The number of hydrogen-bond acceptors (Lipinski definition) is 3. The van der Waals surface area contributed by atoms with E-state index in [1.807, 2.05) is 13.8 Å². The lowest BCUT2D eigenvalue weighted by atomic mass is 10.2. The zero-order chi connectivity index (χ0) is 11.7. The number of carbonyl (C=O) groups is 1. The summed E-state index contributed by atoms with van der Waals surface area (Å²) in [6.45, 7) is 5.40. The summed E-state index contributed by atoms with van der Waals surface area (Å²) in [4.78, 5) is 13.5. The van der Waals surface area contributed by atoms with Gasteiger partial charge in [-0.3, -0.25) is 4.79 Å². The topological polar surface area (TPSA) is 49.8 Å². The molecule has 0 aliphatic carbocycles. The number of rotatable bonds is 8. The molecule has 0 saturated carbocycles. The van der Waals surface area contributed by atoms with Crippen molar-refractivity contribution in [3.05, 3.63) is 0 Å². The maximum atomic E-state index is 11.7. The third-order valence-corrected chi connectivity index (χ3v) is 2.49. The molecule has 0 aliphatic rings. The van der Waals surface area contributed by atoms with E-state index in [-0.39, 0.29) is 18.6 Å². The van der Waals surface area contributed by atoms with Crippen LogP contribution in [0.2, 0.25) is 0 Å². The van der Waals surface area contributed by atoms with E-state index in [0.717, 1.165) is 6.42 Å². The molecule has 90 valence electrons. The zero-order valence-corrected chi connectivity index (χ0v) is 10.0. The Balaban J connectivity index is 3.82. The summed E-state index contributed by atoms with van der Waals surface area (Å²) < 4.78 is 5.08. The zero-order valence-electron chi connectivity index (χ0n) is 10.0. The highest BCUT2D eigenvalue weighted by atomic mass is 16.5. The summed E-state index contributed by atoms with van der Waals surface area (Å²) in [6, 6.07) is 0. The van der Waals surface area contributed by atoms with Gasteiger partial charge in [-0.15, -0.1) is 0 Å². The van der Waals surface area contributed by atoms with Crippen molar-refractivity contribution >= 4 is 5.91 Å². The fraction of sp³-hybridized carbons (Fsp3) is 0.909. The number of hydrogen-bond donors (Lipinski definition) is 1. The Kier molecular flexibility index (Phi) is 8.33. The maximum absolute atomic E-state index is 11.7. The van der Waals surface area contributed by atoms with Gasteiger partial charge in [0.25, 0.3) is 0 Å². The van der Waals surface area contributed by atoms with E-state index in [2.05, 4.69) is 0 Å². The molecule has 1 N–H and O–H groups in total. The SMILES string of the molecule is CCN(CCCO)C(=O)CCC(C)OC. The van der Waals surface area contributed by atoms with Crippen LogP contribution < -0.4 is 0 Å². The van der Waals surface area contributed by atoms with E-state index in [0.29, 0.717) is 25.9 Å². The van der Waals surface area contributed by atoms with Gasteiger partial charge in [0.2, 0.25) is 5.91 Å². The predicted octanol–water partition coefficient (Wildman–Crippen LogP) is 1.03. The van der Waals surface area contributed by atoms with Crippen molar-refractivity contribution in [3.63, 3.8) is 0 Å². The van der Waals surface area contributed by atoms with Crippen molar-refractivity contribution in [2.24, 2.45) is 0 Å². The van der Waals surface area contributed by atoms with Gasteiger partial charge in [0.1, 0.15) is 0 Å². The van der Waals surface area contributed by atoms with Crippen LogP contribution in [0.5, 0.6) is 0 Å². The monoisotopic (exact) mass is 217 g/mol. The molecule has 4 nitrogen and oxygen atoms in total. The molecule has 0 spiro atoms. The molecular weight excluding hydrogens is 194 g/mol. The molecule has 0 radical (unpaired) electrons. The number of carbonyl (C=O) groups excluding carboxylic acids is 1. The number of amides is 1. The molecule has 4 heteroatoms. The second kappa shape index (κ2) is 8.68. The van der Waals surface area contributed by atoms with Crippen molar-refractivity contribution in [2.45, 2.75) is 39.2 Å². The Bertz CT molecular complexity index is 173. The van der Waals surface area contributed by atoms with E-state index < -0.39 is 0 Å². The van der Waals surface area contributed by atoms with E-state index in [1.54, 1.807) is 12.0 Å². The summed E-state index contributed by atoms with van der Waals surface area (Å²) in [5.41, 5.74) is 0. The van der Waals surface area contributed by atoms with Crippen LogP contribution in [0.4, 0.5) is 0 Å². The normalized spacial score (nSPS) is 12.5. The van der Waals surface area contributed by atoms with E-state index in [1.165, 1.54) is 0 Å². The van der Waals surface area contributed by atoms with Gasteiger partial charge in [0, 0.05) is 33.2 Å². The minimum atomic E-state index is 0.130. The maximum Gasteiger partial charge on any atom is 0.222 e. The molecule has 1 amide bonds.